The molecule has 0 aliphatic carbocycles. The number of carbonyl (C=O) groups is 1. The Hall–Kier alpha value is -1.36. The van der Waals surface area contributed by atoms with Gasteiger partial charge in [-0.1, -0.05) is 17.7 Å². The zero-order chi connectivity index (χ0) is 16.1. The summed E-state index contributed by atoms with van der Waals surface area (Å²) in [4.78, 5) is 18.1. The predicted octanol–water partition coefficient (Wildman–Crippen LogP) is 3.94. The Morgan fingerprint density at radius 1 is 1.36 bits per heavy atom. The van der Waals surface area contributed by atoms with Gasteiger partial charge in [-0.3, -0.25) is 4.90 Å². The molecule has 2 saturated heterocycles. The fraction of sp³-hybridized carbons (Fsp3) is 0.625. The van der Waals surface area contributed by atoms with Gasteiger partial charge in [0.15, 0.2) is 0 Å². The van der Waals surface area contributed by atoms with E-state index in [4.69, 9.17) is 16.3 Å². The molecule has 0 radical (unpaired) electrons. The van der Waals surface area contributed by atoms with Crippen molar-refractivity contribution in [1.29, 1.82) is 0 Å². The van der Waals surface area contributed by atoms with Gasteiger partial charge in [-0.2, -0.15) is 0 Å². The van der Waals surface area contributed by atoms with E-state index in [0.29, 0.717) is 18.0 Å². The smallest absolute Gasteiger partial charge is 0.410 e. The molecular weight excluding hydrogens is 307 g/mol. The number of carbonyl (C=O) groups excluding carboxylic acids is 1. The number of aromatic nitrogens is 1. The number of nitrogens with zero attached hydrogens (tertiary/aromatic N) is 2. The van der Waals surface area contributed by atoms with Crippen LogP contribution in [0.5, 0.6) is 0 Å². The van der Waals surface area contributed by atoms with Gasteiger partial charge in [0, 0.05) is 24.6 Å². The van der Waals surface area contributed by atoms with Gasteiger partial charge in [-0.05, 0) is 38.8 Å². The second-order valence-corrected chi connectivity index (χ2v) is 7.42. The minimum Gasteiger partial charge on any atom is -0.444 e. The molecule has 1 aromatic rings. The molecule has 0 aromatic carbocycles. The maximum Gasteiger partial charge on any atom is 0.410 e. The number of fused-ring (bicyclic) bond motifs is 2. The summed E-state index contributed by atoms with van der Waals surface area (Å²) >= 11 is 5.82. The number of hydrogen-bond acceptors (Lipinski definition) is 3. The van der Waals surface area contributed by atoms with Crippen LogP contribution in [0.4, 0.5) is 9.18 Å². The van der Waals surface area contributed by atoms with E-state index < -0.39 is 23.9 Å². The van der Waals surface area contributed by atoms with Crippen LogP contribution >= 0.6 is 11.6 Å². The summed E-state index contributed by atoms with van der Waals surface area (Å²) in [5, 5.41) is 0.430. The van der Waals surface area contributed by atoms with Gasteiger partial charge in [0.25, 0.3) is 0 Å². The van der Waals surface area contributed by atoms with Crippen molar-refractivity contribution in [2.45, 2.75) is 63.4 Å². The number of amides is 1. The number of ether oxygens (including phenoxy) is 1. The molecule has 3 heterocycles. The van der Waals surface area contributed by atoms with E-state index in [1.165, 1.54) is 0 Å². The van der Waals surface area contributed by atoms with E-state index in [1.54, 1.807) is 17.2 Å². The molecule has 1 aromatic heterocycles. The first-order chi connectivity index (χ1) is 10.3. The summed E-state index contributed by atoms with van der Waals surface area (Å²) in [6.45, 7) is 5.45. The Labute approximate surface area is 134 Å². The average molecular weight is 327 g/mol. The lowest BCUT2D eigenvalue weighted by molar-refractivity contribution is 0.0195. The molecule has 0 N–H and O–H groups in total. The summed E-state index contributed by atoms with van der Waals surface area (Å²) in [5.41, 5.74) is 0.416. The minimum atomic E-state index is -0.978. The van der Waals surface area contributed by atoms with Gasteiger partial charge in [0.1, 0.15) is 16.9 Å². The van der Waals surface area contributed by atoms with E-state index in [2.05, 4.69) is 4.98 Å². The highest BCUT2D eigenvalue weighted by atomic mass is 35.5. The average Bonchev–Trinajstić information content (AvgIpc) is 2.91. The van der Waals surface area contributed by atoms with Crippen LogP contribution in [0.3, 0.4) is 0 Å². The third kappa shape index (κ3) is 2.78. The lowest BCUT2D eigenvalue weighted by atomic mass is 9.84. The number of pyridine rings is 1. The molecule has 120 valence electrons. The number of halogens is 2. The minimum absolute atomic E-state index is 0.0919. The van der Waals surface area contributed by atoms with Crippen LogP contribution in [0.25, 0.3) is 0 Å². The second kappa shape index (κ2) is 5.37. The monoisotopic (exact) mass is 326 g/mol. The van der Waals surface area contributed by atoms with Crippen LogP contribution in [-0.2, 0) is 4.74 Å². The molecule has 0 saturated carbocycles. The maximum absolute atomic E-state index is 14.1. The first kappa shape index (κ1) is 15.5. The predicted molar refractivity (Wildman–Crippen MR) is 81.8 cm³/mol. The van der Waals surface area contributed by atoms with E-state index >= 15 is 0 Å². The van der Waals surface area contributed by atoms with Gasteiger partial charge in [-0.25, -0.2) is 14.2 Å². The molecule has 22 heavy (non-hydrogen) atoms. The Balaban J connectivity index is 1.82. The highest BCUT2D eigenvalue weighted by molar-refractivity contribution is 6.29. The topological polar surface area (TPSA) is 42.4 Å². The quantitative estimate of drug-likeness (QED) is 0.734. The molecular formula is C16H20ClFN2O2. The third-order valence-electron chi connectivity index (χ3n) is 4.34. The lowest BCUT2D eigenvalue weighted by Gasteiger charge is -2.28. The molecule has 2 fully saturated rings. The molecule has 4 unspecified atom stereocenters. The zero-order valence-electron chi connectivity index (χ0n) is 12.9. The van der Waals surface area contributed by atoms with Gasteiger partial charge in [-0.15, -0.1) is 0 Å². The van der Waals surface area contributed by atoms with Gasteiger partial charge in [0.2, 0.25) is 0 Å². The fourth-order valence-electron chi connectivity index (χ4n) is 3.51. The highest BCUT2D eigenvalue weighted by Crippen LogP contribution is 2.48. The van der Waals surface area contributed by atoms with Crippen molar-refractivity contribution < 1.29 is 13.9 Å². The summed E-state index contributed by atoms with van der Waals surface area (Å²) in [5.74, 6) is 0.0919. The maximum atomic E-state index is 14.1. The third-order valence-corrected chi connectivity index (χ3v) is 4.56. The number of rotatable bonds is 1. The zero-order valence-corrected chi connectivity index (χ0v) is 13.7. The molecule has 1 amide bonds. The fourth-order valence-corrected chi connectivity index (χ4v) is 3.62. The van der Waals surface area contributed by atoms with Crippen molar-refractivity contribution in [2.75, 3.05) is 0 Å². The first-order valence-corrected chi connectivity index (χ1v) is 7.91. The Kier molecular flexibility index (Phi) is 3.79. The summed E-state index contributed by atoms with van der Waals surface area (Å²) in [7, 11) is 0. The summed E-state index contributed by atoms with van der Waals surface area (Å²) in [6.07, 6.45) is 1.28. The largest absolute Gasteiger partial charge is 0.444 e. The number of hydrogen-bond donors (Lipinski definition) is 0. The molecule has 0 spiro atoms. The SMILES string of the molecule is CC(C)(C)OC(=O)N1C2CC(c3ccc(Cl)nc3)C1CC2F. The Bertz CT molecular complexity index is 573. The van der Waals surface area contributed by atoms with E-state index in [9.17, 15) is 9.18 Å². The van der Waals surface area contributed by atoms with E-state index in [-0.39, 0.29) is 12.0 Å². The van der Waals surface area contributed by atoms with E-state index in [0.717, 1.165) is 5.56 Å². The van der Waals surface area contributed by atoms with Crippen molar-refractivity contribution >= 4 is 17.7 Å². The number of alkyl halides is 1. The van der Waals surface area contributed by atoms with Gasteiger partial charge < -0.3 is 4.74 Å². The van der Waals surface area contributed by atoms with Crippen molar-refractivity contribution in [2.24, 2.45) is 0 Å². The summed E-state index contributed by atoms with van der Waals surface area (Å²) < 4.78 is 19.6. The Morgan fingerprint density at radius 3 is 2.68 bits per heavy atom. The molecule has 2 aliphatic heterocycles. The molecule has 4 nitrogen and oxygen atoms in total. The van der Waals surface area contributed by atoms with Crippen LogP contribution in [0.2, 0.25) is 5.15 Å². The van der Waals surface area contributed by atoms with E-state index in [1.807, 2.05) is 26.8 Å². The standard InChI is InChI=1S/C16H20ClFN2O2/c1-16(2,3)22-15(21)20-12-7-11(18)13(20)6-10(12)9-4-5-14(17)19-8-9/h4-5,8,10-13H,6-7H2,1-3H3. The van der Waals surface area contributed by atoms with Gasteiger partial charge >= 0.3 is 6.09 Å². The van der Waals surface area contributed by atoms with Gasteiger partial charge in [0.05, 0.1) is 6.04 Å². The molecule has 6 heteroatoms. The lowest BCUT2D eigenvalue weighted by Crippen LogP contribution is -2.41. The normalized spacial score (nSPS) is 30.7. The first-order valence-electron chi connectivity index (χ1n) is 7.53. The van der Waals surface area contributed by atoms with Crippen LogP contribution in [0.1, 0.15) is 45.1 Å². The summed E-state index contributed by atoms with van der Waals surface area (Å²) in [6, 6.07) is 3.06. The van der Waals surface area contributed by atoms with Crippen molar-refractivity contribution in [3.63, 3.8) is 0 Å². The van der Waals surface area contributed by atoms with Crippen LogP contribution in [0, 0.1) is 0 Å². The molecule has 3 rings (SSSR count). The molecule has 4 atom stereocenters. The van der Waals surface area contributed by atoms with Crippen LogP contribution in [0.15, 0.2) is 18.3 Å². The van der Waals surface area contributed by atoms with Crippen molar-refractivity contribution in [1.82, 2.24) is 9.88 Å². The van der Waals surface area contributed by atoms with Crippen molar-refractivity contribution in [3.8, 4) is 0 Å². The molecule has 2 aliphatic rings. The highest BCUT2D eigenvalue weighted by Gasteiger charge is 2.55. The van der Waals surface area contributed by atoms with Crippen LogP contribution < -0.4 is 0 Å². The molecule has 2 bridgehead atoms. The van der Waals surface area contributed by atoms with Crippen molar-refractivity contribution in [3.05, 3.63) is 29.0 Å². The van der Waals surface area contributed by atoms with Crippen LogP contribution in [-0.4, -0.2) is 39.8 Å². The Morgan fingerprint density at radius 2 is 2.09 bits per heavy atom. The second-order valence-electron chi connectivity index (χ2n) is 7.03.